The molecule has 0 spiro atoms. The van der Waals surface area contributed by atoms with Crippen LogP contribution in [0.4, 0.5) is 31.9 Å². The van der Waals surface area contributed by atoms with Gasteiger partial charge in [0.15, 0.2) is 5.82 Å². The maximum atomic E-state index is 13.6. The van der Waals surface area contributed by atoms with Crippen molar-refractivity contribution in [3.63, 3.8) is 0 Å². The van der Waals surface area contributed by atoms with Gasteiger partial charge >= 0.3 is 0 Å². The Labute approximate surface area is 135 Å². The molecule has 3 aromatic rings. The van der Waals surface area contributed by atoms with Gasteiger partial charge < -0.3 is 10.6 Å². The summed E-state index contributed by atoms with van der Waals surface area (Å²) < 4.78 is 27.2. The van der Waals surface area contributed by atoms with E-state index in [0.717, 1.165) is 12.1 Å². The molecule has 2 aromatic carbocycles. The monoisotopic (exact) mass is 333 g/mol. The lowest BCUT2D eigenvalue weighted by atomic mass is 10.3. The highest BCUT2D eigenvalue weighted by Crippen LogP contribution is 2.22. The van der Waals surface area contributed by atoms with E-state index in [0.29, 0.717) is 16.5 Å². The van der Waals surface area contributed by atoms with Crippen LogP contribution < -0.4 is 10.6 Å². The molecule has 0 aliphatic heterocycles. The van der Waals surface area contributed by atoms with Crippen LogP contribution in [0.5, 0.6) is 0 Å². The van der Waals surface area contributed by atoms with Gasteiger partial charge in [-0.05, 0) is 30.3 Å². The van der Waals surface area contributed by atoms with Crippen LogP contribution in [0.15, 0.2) is 48.7 Å². The first-order valence-electron chi connectivity index (χ1n) is 6.55. The van der Waals surface area contributed by atoms with E-state index < -0.39 is 11.6 Å². The fraction of sp³-hybridized carbons (Fsp3) is 0. The van der Waals surface area contributed by atoms with E-state index in [1.165, 1.54) is 12.3 Å². The summed E-state index contributed by atoms with van der Waals surface area (Å²) in [4.78, 5) is 4.10. The Hall–Kier alpha value is -2.80. The van der Waals surface area contributed by atoms with E-state index in [-0.39, 0.29) is 11.6 Å². The Morgan fingerprint density at radius 3 is 2.43 bits per heavy atom. The third-order valence-electron chi connectivity index (χ3n) is 2.86. The lowest BCUT2D eigenvalue weighted by molar-refractivity contribution is 0.590. The number of hydrogen-bond donors (Lipinski definition) is 2. The van der Waals surface area contributed by atoms with E-state index in [9.17, 15) is 8.78 Å². The van der Waals surface area contributed by atoms with Gasteiger partial charge in [0.2, 0.25) is 5.95 Å². The molecule has 5 nitrogen and oxygen atoms in total. The molecule has 23 heavy (non-hydrogen) atoms. The summed E-state index contributed by atoms with van der Waals surface area (Å²) in [7, 11) is 0. The first-order valence-corrected chi connectivity index (χ1v) is 6.93. The molecule has 0 radical (unpaired) electrons. The fourth-order valence-electron chi connectivity index (χ4n) is 1.86. The molecule has 8 heteroatoms. The van der Waals surface area contributed by atoms with Gasteiger partial charge in [-0.3, -0.25) is 0 Å². The van der Waals surface area contributed by atoms with Crippen molar-refractivity contribution in [2.75, 3.05) is 10.6 Å². The molecule has 0 bridgehead atoms. The Bertz CT molecular complexity index is 823. The lowest BCUT2D eigenvalue weighted by Crippen LogP contribution is -2.04. The Morgan fingerprint density at radius 2 is 1.70 bits per heavy atom. The number of nitrogens with one attached hydrogen (secondary N) is 2. The van der Waals surface area contributed by atoms with Gasteiger partial charge in [-0.25, -0.2) is 8.78 Å². The van der Waals surface area contributed by atoms with Crippen molar-refractivity contribution in [2.24, 2.45) is 0 Å². The lowest BCUT2D eigenvalue weighted by Gasteiger charge is -2.09. The Kier molecular flexibility index (Phi) is 4.29. The molecule has 0 saturated heterocycles. The molecule has 0 saturated carbocycles. The summed E-state index contributed by atoms with van der Waals surface area (Å²) in [5.74, 6) is -1.19. The smallest absolute Gasteiger partial charge is 0.249 e. The number of benzene rings is 2. The van der Waals surface area contributed by atoms with Crippen LogP contribution in [0, 0.1) is 11.6 Å². The van der Waals surface area contributed by atoms with Crippen LogP contribution in [0.25, 0.3) is 0 Å². The average Bonchev–Trinajstić information content (AvgIpc) is 2.52. The molecule has 0 aliphatic carbocycles. The summed E-state index contributed by atoms with van der Waals surface area (Å²) in [5, 5.41) is 13.5. The zero-order valence-electron chi connectivity index (χ0n) is 11.6. The average molecular weight is 334 g/mol. The highest BCUT2D eigenvalue weighted by atomic mass is 35.5. The van der Waals surface area contributed by atoms with E-state index in [2.05, 4.69) is 25.8 Å². The minimum Gasteiger partial charge on any atom is -0.339 e. The third kappa shape index (κ3) is 3.70. The molecule has 0 aliphatic rings. The predicted octanol–water partition coefficient (Wildman–Crippen LogP) is 4.29. The van der Waals surface area contributed by atoms with Crippen molar-refractivity contribution in [2.45, 2.75) is 0 Å². The second-order valence-corrected chi connectivity index (χ2v) is 4.96. The minimum atomic E-state index is -0.748. The maximum absolute atomic E-state index is 13.6. The van der Waals surface area contributed by atoms with Gasteiger partial charge in [0.05, 0.1) is 6.20 Å². The Morgan fingerprint density at radius 1 is 0.957 bits per heavy atom. The summed E-state index contributed by atoms with van der Waals surface area (Å²) in [5.41, 5.74) is 0.357. The molecular formula is C15H10ClF2N5. The summed E-state index contributed by atoms with van der Waals surface area (Å²) >= 11 is 5.90. The number of aromatic nitrogens is 3. The predicted molar refractivity (Wildman–Crippen MR) is 84.2 cm³/mol. The molecule has 1 aromatic heterocycles. The van der Waals surface area contributed by atoms with Crippen molar-refractivity contribution in [3.05, 3.63) is 65.3 Å². The van der Waals surface area contributed by atoms with Crippen LogP contribution in [0.3, 0.4) is 0 Å². The van der Waals surface area contributed by atoms with E-state index in [1.54, 1.807) is 24.3 Å². The van der Waals surface area contributed by atoms with Gasteiger partial charge in [0.1, 0.15) is 17.3 Å². The van der Waals surface area contributed by atoms with Crippen LogP contribution in [0.1, 0.15) is 0 Å². The van der Waals surface area contributed by atoms with Crippen molar-refractivity contribution >= 4 is 34.7 Å². The number of para-hydroxylation sites is 1. The van der Waals surface area contributed by atoms with Crippen molar-refractivity contribution in [3.8, 4) is 0 Å². The molecule has 2 N–H and O–H groups in total. The highest BCUT2D eigenvalue weighted by Gasteiger charge is 2.10. The zero-order chi connectivity index (χ0) is 16.2. The van der Waals surface area contributed by atoms with E-state index in [4.69, 9.17) is 11.6 Å². The first kappa shape index (κ1) is 15.1. The van der Waals surface area contributed by atoms with Crippen LogP contribution in [0.2, 0.25) is 5.02 Å². The molecule has 116 valence electrons. The fourth-order valence-corrected chi connectivity index (χ4v) is 2.05. The largest absolute Gasteiger partial charge is 0.339 e. The van der Waals surface area contributed by atoms with Gasteiger partial charge in [0.25, 0.3) is 0 Å². The molecule has 3 rings (SSSR count). The normalized spacial score (nSPS) is 10.4. The first-order chi connectivity index (χ1) is 11.1. The van der Waals surface area contributed by atoms with Crippen molar-refractivity contribution in [1.82, 2.24) is 15.2 Å². The number of rotatable bonds is 4. The standard InChI is InChI=1S/C15H10ClF2N5/c16-9-3-1-4-10(7-9)20-13-8-19-23-15(21-13)22-14-11(17)5-2-6-12(14)18/h1-8H,(H2,20,21,22,23). The second-order valence-electron chi connectivity index (χ2n) is 4.52. The SMILES string of the molecule is Fc1cccc(F)c1Nc1nncc(Nc2cccc(Cl)c2)n1. The van der Waals surface area contributed by atoms with E-state index >= 15 is 0 Å². The van der Waals surface area contributed by atoms with Crippen LogP contribution in [-0.4, -0.2) is 15.2 Å². The molecule has 1 heterocycles. The molecule has 0 amide bonds. The van der Waals surface area contributed by atoms with Crippen LogP contribution >= 0.6 is 11.6 Å². The number of halogens is 3. The Balaban J connectivity index is 1.83. The molecule has 0 fully saturated rings. The second kappa shape index (κ2) is 6.53. The van der Waals surface area contributed by atoms with Gasteiger partial charge in [0, 0.05) is 10.7 Å². The van der Waals surface area contributed by atoms with Crippen molar-refractivity contribution < 1.29 is 8.78 Å². The zero-order valence-corrected chi connectivity index (χ0v) is 12.4. The highest BCUT2D eigenvalue weighted by molar-refractivity contribution is 6.30. The molecular weight excluding hydrogens is 324 g/mol. The summed E-state index contributed by atoms with van der Waals surface area (Å²) in [6.07, 6.45) is 1.38. The topological polar surface area (TPSA) is 62.7 Å². The maximum Gasteiger partial charge on any atom is 0.249 e. The summed E-state index contributed by atoms with van der Waals surface area (Å²) in [6, 6.07) is 10.5. The number of anilines is 4. The van der Waals surface area contributed by atoms with Gasteiger partial charge in [-0.1, -0.05) is 23.7 Å². The van der Waals surface area contributed by atoms with Crippen molar-refractivity contribution in [1.29, 1.82) is 0 Å². The third-order valence-corrected chi connectivity index (χ3v) is 3.09. The minimum absolute atomic E-state index is 0.0407. The number of hydrogen-bond acceptors (Lipinski definition) is 5. The quantitative estimate of drug-likeness (QED) is 0.745. The molecule has 0 atom stereocenters. The summed E-state index contributed by atoms with van der Waals surface area (Å²) in [6.45, 7) is 0. The van der Waals surface area contributed by atoms with Crippen LogP contribution in [-0.2, 0) is 0 Å². The van der Waals surface area contributed by atoms with Gasteiger partial charge in [-0.15, -0.1) is 5.10 Å². The molecule has 0 unspecified atom stereocenters. The van der Waals surface area contributed by atoms with Gasteiger partial charge in [-0.2, -0.15) is 10.1 Å². The van der Waals surface area contributed by atoms with E-state index in [1.807, 2.05) is 0 Å². The number of nitrogens with zero attached hydrogens (tertiary/aromatic N) is 3.